The summed E-state index contributed by atoms with van der Waals surface area (Å²) in [5, 5.41) is 0. The topological polar surface area (TPSA) is 43.8 Å². The van der Waals surface area contributed by atoms with Crippen LogP contribution in [-0.2, 0) is 13.2 Å². The fourth-order valence-electron chi connectivity index (χ4n) is 1.53. The van der Waals surface area contributed by atoms with Crippen LogP contribution in [0.3, 0.4) is 0 Å². The third-order valence-electron chi connectivity index (χ3n) is 2.14. The molecule has 1 aromatic carbocycles. The van der Waals surface area contributed by atoms with E-state index < -0.39 is 11.7 Å². The summed E-state index contributed by atoms with van der Waals surface area (Å²) in [6, 6.07) is 2.34. The Hall–Kier alpha value is -1.72. The first-order chi connectivity index (χ1) is 6.89. The number of imidazole rings is 1. The maximum atomic E-state index is 12.7. The van der Waals surface area contributed by atoms with Crippen LogP contribution in [-0.4, -0.2) is 9.55 Å². The van der Waals surface area contributed by atoms with Crippen LogP contribution < -0.4 is 5.73 Å². The Kier molecular flexibility index (Phi) is 1.89. The maximum Gasteiger partial charge on any atom is 0.418 e. The van der Waals surface area contributed by atoms with Crippen molar-refractivity contribution in [2.75, 3.05) is 5.73 Å². The molecule has 0 fully saturated rings. The van der Waals surface area contributed by atoms with Crippen LogP contribution in [0.4, 0.5) is 18.9 Å². The standard InChI is InChI=1S/C9H8F3N3/c1-15-4-14-7-3-5(13)2-6(8(7)15)9(10,11)12/h2-4H,13H2,1H3. The number of nitrogen functional groups attached to an aromatic ring is 1. The Morgan fingerprint density at radius 3 is 2.60 bits per heavy atom. The van der Waals surface area contributed by atoms with Crippen molar-refractivity contribution >= 4 is 16.7 Å². The van der Waals surface area contributed by atoms with E-state index in [1.54, 1.807) is 0 Å². The lowest BCUT2D eigenvalue weighted by Crippen LogP contribution is -2.08. The summed E-state index contributed by atoms with van der Waals surface area (Å²) in [5.41, 5.74) is 5.00. The monoisotopic (exact) mass is 215 g/mol. The second-order valence-electron chi connectivity index (χ2n) is 3.29. The van der Waals surface area contributed by atoms with Gasteiger partial charge in [-0.2, -0.15) is 13.2 Å². The van der Waals surface area contributed by atoms with Gasteiger partial charge in [0.05, 0.1) is 22.9 Å². The molecule has 2 aromatic rings. The van der Waals surface area contributed by atoms with E-state index in [1.807, 2.05) is 0 Å². The highest BCUT2D eigenvalue weighted by Crippen LogP contribution is 2.35. The number of halogens is 3. The first-order valence-corrected chi connectivity index (χ1v) is 4.17. The zero-order valence-electron chi connectivity index (χ0n) is 7.84. The number of alkyl halides is 3. The number of nitrogens with two attached hydrogens (primary N) is 1. The van der Waals surface area contributed by atoms with E-state index >= 15 is 0 Å². The molecule has 0 unspecified atom stereocenters. The molecule has 0 atom stereocenters. The zero-order chi connectivity index (χ0) is 11.2. The van der Waals surface area contributed by atoms with Crippen LogP contribution >= 0.6 is 0 Å². The number of hydrogen-bond acceptors (Lipinski definition) is 2. The van der Waals surface area contributed by atoms with Crippen molar-refractivity contribution in [2.24, 2.45) is 7.05 Å². The quantitative estimate of drug-likeness (QED) is 0.684. The van der Waals surface area contributed by atoms with Gasteiger partial charge in [-0.05, 0) is 12.1 Å². The fraction of sp³-hybridized carbons (Fsp3) is 0.222. The largest absolute Gasteiger partial charge is 0.418 e. The third-order valence-corrected chi connectivity index (χ3v) is 2.14. The average molecular weight is 215 g/mol. The van der Waals surface area contributed by atoms with E-state index in [0.29, 0.717) is 0 Å². The Balaban J connectivity index is 2.87. The lowest BCUT2D eigenvalue weighted by Gasteiger charge is -2.10. The maximum absolute atomic E-state index is 12.7. The molecule has 0 bridgehead atoms. The number of nitrogens with zero attached hydrogens (tertiary/aromatic N) is 2. The van der Waals surface area contributed by atoms with Gasteiger partial charge in [0.1, 0.15) is 0 Å². The molecule has 1 aromatic heterocycles. The number of hydrogen-bond donors (Lipinski definition) is 1. The van der Waals surface area contributed by atoms with Crippen molar-refractivity contribution in [1.29, 1.82) is 0 Å². The number of anilines is 1. The predicted molar refractivity (Wildman–Crippen MR) is 50.1 cm³/mol. The van der Waals surface area contributed by atoms with E-state index in [0.717, 1.165) is 6.07 Å². The first-order valence-electron chi connectivity index (χ1n) is 4.17. The molecule has 0 saturated carbocycles. The Labute approximate surface area is 83.3 Å². The number of aromatic nitrogens is 2. The summed E-state index contributed by atoms with van der Waals surface area (Å²) < 4.78 is 39.3. The van der Waals surface area contributed by atoms with Gasteiger partial charge in [0.2, 0.25) is 0 Å². The smallest absolute Gasteiger partial charge is 0.399 e. The van der Waals surface area contributed by atoms with E-state index in [9.17, 15) is 13.2 Å². The van der Waals surface area contributed by atoms with E-state index in [4.69, 9.17) is 5.73 Å². The van der Waals surface area contributed by atoms with Crippen LogP contribution in [0, 0.1) is 0 Å². The second-order valence-corrected chi connectivity index (χ2v) is 3.29. The van der Waals surface area contributed by atoms with Crippen molar-refractivity contribution in [3.05, 3.63) is 24.0 Å². The molecule has 15 heavy (non-hydrogen) atoms. The summed E-state index contributed by atoms with van der Waals surface area (Å²) in [6.07, 6.45) is -3.08. The highest BCUT2D eigenvalue weighted by molar-refractivity contribution is 5.83. The third kappa shape index (κ3) is 1.51. The molecule has 0 aliphatic heterocycles. The molecule has 6 heteroatoms. The summed E-state index contributed by atoms with van der Waals surface area (Å²) in [7, 11) is 1.51. The van der Waals surface area contributed by atoms with Gasteiger partial charge in [-0.1, -0.05) is 0 Å². The minimum absolute atomic E-state index is 0.0525. The Morgan fingerprint density at radius 1 is 1.33 bits per heavy atom. The van der Waals surface area contributed by atoms with Gasteiger partial charge < -0.3 is 10.3 Å². The molecular weight excluding hydrogens is 207 g/mol. The zero-order valence-corrected chi connectivity index (χ0v) is 7.84. The summed E-state index contributed by atoms with van der Waals surface area (Å²) in [4.78, 5) is 3.84. The van der Waals surface area contributed by atoms with Crippen LogP contribution in [0.25, 0.3) is 11.0 Å². The molecule has 0 spiro atoms. The minimum atomic E-state index is -4.42. The van der Waals surface area contributed by atoms with Crippen molar-refractivity contribution in [2.45, 2.75) is 6.18 Å². The van der Waals surface area contributed by atoms with Crippen molar-refractivity contribution in [3.63, 3.8) is 0 Å². The average Bonchev–Trinajstić information content (AvgIpc) is 2.44. The highest BCUT2D eigenvalue weighted by Gasteiger charge is 2.34. The molecule has 0 radical (unpaired) electrons. The number of aryl methyl sites for hydroxylation is 1. The van der Waals surface area contributed by atoms with Crippen LogP contribution in [0.15, 0.2) is 18.5 Å². The second kappa shape index (κ2) is 2.88. The lowest BCUT2D eigenvalue weighted by atomic mass is 10.1. The van der Waals surface area contributed by atoms with E-state index in [1.165, 1.54) is 24.0 Å². The number of fused-ring (bicyclic) bond motifs is 1. The van der Waals surface area contributed by atoms with Crippen LogP contribution in [0.5, 0.6) is 0 Å². The minimum Gasteiger partial charge on any atom is -0.399 e. The van der Waals surface area contributed by atoms with Gasteiger partial charge in [0, 0.05) is 12.7 Å². The molecule has 80 valence electrons. The van der Waals surface area contributed by atoms with E-state index in [2.05, 4.69) is 4.98 Å². The molecule has 0 amide bonds. The van der Waals surface area contributed by atoms with Gasteiger partial charge in [-0.3, -0.25) is 0 Å². The summed E-state index contributed by atoms with van der Waals surface area (Å²) in [5.74, 6) is 0. The molecule has 0 aliphatic carbocycles. The fourth-order valence-corrected chi connectivity index (χ4v) is 1.53. The first kappa shape index (κ1) is 9.82. The normalized spacial score (nSPS) is 12.3. The summed E-state index contributed by atoms with van der Waals surface area (Å²) >= 11 is 0. The SMILES string of the molecule is Cn1cnc2cc(N)cc(C(F)(F)F)c21. The summed E-state index contributed by atoms with van der Waals surface area (Å²) in [6.45, 7) is 0. The molecule has 0 saturated heterocycles. The number of benzene rings is 1. The predicted octanol–water partition coefficient (Wildman–Crippen LogP) is 2.17. The van der Waals surface area contributed by atoms with Gasteiger partial charge in [0.25, 0.3) is 0 Å². The molecule has 3 nitrogen and oxygen atoms in total. The lowest BCUT2D eigenvalue weighted by molar-refractivity contribution is -0.136. The van der Waals surface area contributed by atoms with Crippen molar-refractivity contribution < 1.29 is 13.2 Å². The molecule has 2 rings (SSSR count). The highest BCUT2D eigenvalue weighted by atomic mass is 19.4. The van der Waals surface area contributed by atoms with Gasteiger partial charge in [-0.15, -0.1) is 0 Å². The van der Waals surface area contributed by atoms with Gasteiger partial charge in [-0.25, -0.2) is 4.98 Å². The molecular formula is C9H8F3N3. The molecule has 2 N–H and O–H groups in total. The van der Waals surface area contributed by atoms with E-state index in [-0.39, 0.29) is 16.7 Å². The van der Waals surface area contributed by atoms with Crippen LogP contribution in [0.1, 0.15) is 5.56 Å². The Bertz CT molecular complexity index is 513. The molecule has 1 heterocycles. The van der Waals surface area contributed by atoms with Crippen molar-refractivity contribution in [3.8, 4) is 0 Å². The Morgan fingerprint density at radius 2 is 2.00 bits per heavy atom. The van der Waals surface area contributed by atoms with Gasteiger partial charge in [0.15, 0.2) is 0 Å². The number of rotatable bonds is 0. The molecule has 0 aliphatic rings. The van der Waals surface area contributed by atoms with Crippen molar-refractivity contribution in [1.82, 2.24) is 9.55 Å². The van der Waals surface area contributed by atoms with Gasteiger partial charge >= 0.3 is 6.18 Å². The van der Waals surface area contributed by atoms with Crippen LogP contribution in [0.2, 0.25) is 0 Å².